The highest BCUT2D eigenvalue weighted by Gasteiger charge is 2.35. The first-order chi connectivity index (χ1) is 10.6. The van der Waals surface area contributed by atoms with E-state index in [4.69, 9.17) is 0 Å². The quantitative estimate of drug-likeness (QED) is 0.695. The minimum atomic E-state index is -3.98. The molecule has 1 aliphatic heterocycles. The molecule has 2 rings (SSSR count). The zero-order valence-corrected chi connectivity index (χ0v) is 13.6. The Labute approximate surface area is 135 Å². The van der Waals surface area contributed by atoms with E-state index in [1.807, 2.05) is 4.72 Å². The molecule has 7 nitrogen and oxygen atoms in total. The zero-order valence-electron chi connectivity index (χ0n) is 12.8. The number of benzene rings is 1. The highest BCUT2D eigenvalue weighted by molar-refractivity contribution is 7.92. The fraction of sp³-hybridized carbons (Fsp3) is 0.400. The van der Waals surface area contributed by atoms with Crippen LogP contribution in [0.2, 0.25) is 0 Å². The lowest BCUT2D eigenvalue weighted by Crippen LogP contribution is -2.29. The van der Waals surface area contributed by atoms with Gasteiger partial charge < -0.3 is 10.2 Å². The summed E-state index contributed by atoms with van der Waals surface area (Å²) in [4.78, 5) is 11.3. The van der Waals surface area contributed by atoms with Crippen molar-refractivity contribution < 1.29 is 23.4 Å². The third-order valence-corrected chi connectivity index (χ3v) is 4.55. The number of nitrogens with zero attached hydrogens (tertiary/aromatic N) is 1. The van der Waals surface area contributed by atoms with Gasteiger partial charge in [-0.05, 0) is 38.5 Å². The van der Waals surface area contributed by atoms with Gasteiger partial charge in [-0.15, -0.1) is 0 Å². The normalized spacial score (nSPS) is 16.7. The number of aromatic hydroxyl groups is 1. The Hall–Kier alpha value is -2.24. The zero-order chi connectivity index (χ0) is 17.3. The molecular formula is C15H18N2O5S. The summed E-state index contributed by atoms with van der Waals surface area (Å²) in [5, 5.41) is 19.5. The molecular weight excluding hydrogens is 320 g/mol. The number of aliphatic hydroxyl groups is 1. The average molecular weight is 338 g/mol. The first-order valence-corrected chi connectivity index (χ1v) is 8.40. The number of hydrogen-bond donors (Lipinski definition) is 3. The van der Waals surface area contributed by atoms with Crippen molar-refractivity contribution >= 4 is 21.8 Å². The molecule has 3 N–H and O–H groups in total. The van der Waals surface area contributed by atoms with Crippen molar-refractivity contribution in [2.24, 2.45) is 0 Å². The Morgan fingerprint density at radius 3 is 2.65 bits per heavy atom. The van der Waals surface area contributed by atoms with Crippen LogP contribution in [0.25, 0.3) is 0 Å². The molecule has 0 bridgehead atoms. The van der Waals surface area contributed by atoms with Gasteiger partial charge in [0.25, 0.3) is 5.91 Å². The smallest absolute Gasteiger partial charge is 0.326 e. The summed E-state index contributed by atoms with van der Waals surface area (Å²) < 4.78 is 26.3. The maximum atomic E-state index is 11.8. The standard InChI is InChI=1S/C15H18N2O5S/c1-15(2,20)8-4-3-5-11-6-7-13(18)12(9-11)17-10-14(19)16-23(17,21)22/h6-7,9,18,20H,4,8,10H2,1-2H3,(H,16,19). The first-order valence-electron chi connectivity index (χ1n) is 6.96. The van der Waals surface area contributed by atoms with E-state index in [1.165, 1.54) is 12.1 Å². The van der Waals surface area contributed by atoms with Crippen LogP contribution in [0.5, 0.6) is 5.75 Å². The maximum absolute atomic E-state index is 11.8. The minimum Gasteiger partial charge on any atom is -0.506 e. The topological polar surface area (TPSA) is 107 Å². The van der Waals surface area contributed by atoms with Crippen molar-refractivity contribution in [3.05, 3.63) is 23.8 Å². The molecule has 0 spiro atoms. The van der Waals surface area contributed by atoms with Crippen molar-refractivity contribution in [1.29, 1.82) is 0 Å². The third-order valence-electron chi connectivity index (χ3n) is 3.16. The van der Waals surface area contributed by atoms with Gasteiger partial charge in [-0.3, -0.25) is 4.79 Å². The number of rotatable bonds is 3. The van der Waals surface area contributed by atoms with Crippen LogP contribution in [-0.2, 0) is 15.0 Å². The Bertz CT molecular complexity index is 784. The molecule has 0 radical (unpaired) electrons. The summed E-state index contributed by atoms with van der Waals surface area (Å²) in [6.45, 7) is 3.00. The summed E-state index contributed by atoms with van der Waals surface area (Å²) in [7, 11) is -3.98. The summed E-state index contributed by atoms with van der Waals surface area (Å²) in [5.41, 5.74) is -0.300. The van der Waals surface area contributed by atoms with E-state index in [9.17, 15) is 23.4 Å². The van der Waals surface area contributed by atoms with Crippen LogP contribution in [-0.4, -0.2) is 36.7 Å². The summed E-state index contributed by atoms with van der Waals surface area (Å²) in [6, 6.07) is 4.28. The number of phenolic OH excluding ortho intramolecular Hbond substituents is 1. The number of nitrogens with one attached hydrogen (secondary N) is 1. The van der Waals surface area contributed by atoms with Crippen LogP contribution in [0.4, 0.5) is 5.69 Å². The van der Waals surface area contributed by atoms with Gasteiger partial charge in [0.2, 0.25) is 0 Å². The molecule has 0 atom stereocenters. The molecule has 1 heterocycles. The van der Waals surface area contributed by atoms with Gasteiger partial charge in [-0.25, -0.2) is 9.03 Å². The summed E-state index contributed by atoms with van der Waals surface area (Å²) in [5.74, 6) is 4.81. The van der Waals surface area contributed by atoms with Crippen LogP contribution in [0.1, 0.15) is 32.3 Å². The van der Waals surface area contributed by atoms with Crippen LogP contribution in [0.15, 0.2) is 18.2 Å². The summed E-state index contributed by atoms with van der Waals surface area (Å²) >= 11 is 0. The minimum absolute atomic E-state index is 0.00219. The molecule has 8 heteroatoms. The number of hydrogen-bond acceptors (Lipinski definition) is 5. The number of carbonyl (C=O) groups excluding carboxylic acids is 1. The van der Waals surface area contributed by atoms with Gasteiger partial charge in [0.1, 0.15) is 12.3 Å². The second kappa shape index (κ2) is 6.10. The monoisotopic (exact) mass is 338 g/mol. The maximum Gasteiger partial charge on any atom is 0.326 e. The van der Waals surface area contributed by atoms with Crippen molar-refractivity contribution in [2.75, 3.05) is 10.8 Å². The van der Waals surface area contributed by atoms with Crippen molar-refractivity contribution in [3.63, 3.8) is 0 Å². The lowest BCUT2D eigenvalue weighted by molar-refractivity contribution is -0.117. The van der Waals surface area contributed by atoms with Gasteiger partial charge in [0.15, 0.2) is 0 Å². The molecule has 0 aromatic heterocycles. The Balaban J connectivity index is 2.24. The van der Waals surface area contributed by atoms with Crippen molar-refractivity contribution in [1.82, 2.24) is 4.72 Å². The highest BCUT2D eigenvalue weighted by Crippen LogP contribution is 2.31. The molecule has 124 valence electrons. The van der Waals surface area contributed by atoms with Crippen LogP contribution >= 0.6 is 0 Å². The lowest BCUT2D eigenvalue weighted by Gasteiger charge is -2.16. The molecule has 0 unspecified atom stereocenters. The molecule has 23 heavy (non-hydrogen) atoms. The molecule has 0 aliphatic carbocycles. The number of anilines is 1. The third kappa shape index (κ3) is 4.37. The van der Waals surface area contributed by atoms with Gasteiger partial charge in [0, 0.05) is 12.0 Å². The predicted octanol–water partition coefficient (Wildman–Crippen LogP) is 0.476. The predicted molar refractivity (Wildman–Crippen MR) is 84.9 cm³/mol. The van der Waals surface area contributed by atoms with Gasteiger partial charge >= 0.3 is 10.2 Å². The number of carbonyl (C=O) groups is 1. The van der Waals surface area contributed by atoms with Crippen LogP contribution in [0, 0.1) is 11.8 Å². The van der Waals surface area contributed by atoms with Gasteiger partial charge in [-0.1, -0.05) is 11.8 Å². The van der Waals surface area contributed by atoms with Crippen LogP contribution in [0.3, 0.4) is 0 Å². The molecule has 1 fully saturated rings. The van der Waals surface area contributed by atoms with Gasteiger partial charge in [0.05, 0.1) is 11.3 Å². The summed E-state index contributed by atoms with van der Waals surface area (Å²) in [6.07, 6.45) is 0.978. The molecule has 1 aromatic carbocycles. The molecule has 0 saturated carbocycles. The fourth-order valence-electron chi connectivity index (χ4n) is 2.00. The largest absolute Gasteiger partial charge is 0.506 e. The lowest BCUT2D eigenvalue weighted by atomic mass is 10.0. The second-order valence-corrected chi connectivity index (χ2v) is 7.45. The Kier molecular flexibility index (Phi) is 4.54. The van der Waals surface area contributed by atoms with Crippen LogP contribution < -0.4 is 9.03 Å². The molecule has 1 saturated heterocycles. The van der Waals surface area contributed by atoms with Gasteiger partial charge in [-0.2, -0.15) is 8.42 Å². The van der Waals surface area contributed by atoms with E-state index >= 15 is 0 Å². The highest BCUT2D eigenvalue weighted by atomic mass is 32.2. The van der Waals surface area contributed by atoms with Crippen molar-refractivity contribution in [3.8, 4) is 17.6 Å². The fourth-order valence-corrected chi connectivity index (χ4v) is 3.15. The van der Waals surface area contributed by atoms with E-state index in [-0.39, 0.29) is 18.0 Å². The van der Waals surface area contributed by atoms with Crippen molar-refractivity contribution in [2.45, 2.75) is 32.3 Å². The van der Waals surface area contributed by atoms with E-state index in [1.54, 1.807) is 19.9 Å². The van der Waals surface area contributed by atoms with E-state index in [0.29, 0.717) is 18.4 Å². The SMILES string of the molecule is CC(C)(O)CCC#Cc1ccc(O)c(N2CC(=O)NS2(=O)=O)c1. The Morgan fingerprint density at radius 1 is 1.39 bits per heavy atom. The molecule has 1 aromatic rings. The number of phenols is 1. The average Bonchev–Trinajstić information content (AvgIpc) is 2.68. The molecule has 1 amide bonds. The Morgan fingerprint density at radius 2 is 2.09 bits per heavy atom. The second-order valence-electron chi connectivity index (χ2n) is 5.85. The van der Waals surface area contributed by atoms with E-state index in [0.717, 1.165) is 4.31 Å². The van der Waals surface area contributed by atoms with E-state index < -0.39 is 21.7 Å². The first kappa shape index (κ1) is 17.1. The molecule has 1 aliphatic rings. The van der Waals surface area contributed by atoms with E-state index in [2.05, 4.69) is 11.8 Å². The number of amides is 1.